The molecule has 0 aromatic heterocycles. The highest BCUT2D eigenvalue weighted by Gasteiger charge is 2.23. The lowest BCUT2D eigenvalue weighted by molar-refractivity contribution is -0.154. The Bertz CT molecular complexity index is 783. The lowest BCUT2D eigenvalue weighted by atomic mass is 9.99. The lowest BCUT2D eigenvalue weighted by Gasteiger charge is -2.28. The van der Waals surface area contributed by atoms with Crippen molar-refractivity contribution in [2.75, 3.05) is 18.0 Å². The van der Waals surface area contributed by atoms with E-state index in [1.54, 1.807) is 23.1 Å². The largest absolute Gasteiger partial charge is 0.312 e. The van der Waals surface area contributed by atoms with Gasteiger partial charge < -0.3 is 4.90 Å². The number of hydroxylamine groups is 2. The van der Waals surface area contributed by atoms with E-state index in [4.69, 9.17) is 0 Å². The highest BCUT2D eigenvalue weighted by atomic mass is 16.5. The molecule has 4 amide bonds. The van der Waals surface area contributed by atoms with Crippen molar-refractivity contribution in [1.82, 2.24) is 15.9 Å². The molecule has 1 aromatic carbocycles. The molecule has 1 unspecified atom stereocenters. The van der Waals surface area contributed by atoms with Crippen molar-refractivity contribution in [3.63, 3.8) is 0 Å². The Morgan fingerprint density at radius 2 is 2.03 bits per heavy atom. The first-order valence-corrected chi connectivity index (χ1v) is 10.3. The minimum atomic E-state index is -0.639. The van der Waals surface area contributed by atoms with Crippen LogP contribution < -0.4 is 15.8 Å². The van der Waals surface area contributed by atoms with Crippen molar-refractivity contribution in [3.05, 3.63) is 29.3 Å². The van der Waals surface area contributed by atoms with Gasteiger partial charge in [-0.25, -0.2) is 5.06 Å². The van der Waals surface area contributed by atoms with Crippen molar-refractivity contribution >= 4 is 29.8 Å². The van der Waals surface area contributed by atoms with Crippen LogP contribution in [0.15, 0.2) is 18.2 Å². The van der Waals surface area contributed by atoms with Gasteiger partial charge in [0.2, 0.25) is 18.2 Å². The zero-order valence-electron chi connectivity index (χ0n) is 17.5. The van der Waals surface area contributed by atoms with Crippen LogP contribution in [0.2, 0.25) is 0 Å². The molecule has 1 aliphatic heterocycles. The first-order chi connectivity index (χ1) is 14.4. The van der Waals surface area contributed by atoms with E-state index in [9.17, 15) is 24.4 Å². The molecule has 3 N–H and O–H groups in total. The van der Waals surface area contributed by atoms with Gasteiger partial charge in [0.05, 0.1) is 12.5 Å². The minimum absolute atomic E-state index is 0.0391. The molecule has 30 heavy (non-hydrogen) atoms. The summed E-state index contributed by atoms with van der Waals surface area (Å²) in [6.45, 7) is 4.06. The summed E-state index contributed by atoms with van der Waals surface area (Å²) >= 11 is 0. The molecular weight excluding hydrogens is 388 g/mol. The monoisotopic (exact) mass is 418 g/mol. The van der Waals surface area contributed by atoms with E-state index in [0.717, 1.165) is 43.4 Å². The number of amides is 4. The Hall–Kier alpha value is -2.94. The molecule has 0 spiro atoms. The number of nitrogens with one attached hydrogen (secondary N) is 2. The summed E-state index contributed by atoms with van der Waals surface area (Å²) in [4.78, 5) is 49.1. The van der Waals surface area contributed by atoms with Crippen LogP contribution in [0.4, 0.5) is 5.69 Å². The van der Waals surface area contributed by atoms with E-state index < -0.39 is 17.7 Å². The highest BCUT2D eigenvalue weighted by Crippen LogP contribution is 2.28. The number of aryl methyl sites for hydroxylation is 1. The van der Waals surface area contributed by atoms with Crippen LogP contribution in [0.25, 0.3) is 0 Å². The Morgan fingerprint density at radius 3 is 2.70 bits per heavy atom. The van der Waals surface area contributed by atoms with Gasteiger partial charge in [-0.2, -0.15) is 0 Å². The maximum absolute atomic E-state index is 12.5. The first kappa shape index (κ1) is 23.3. The number of carbonyl (C=O) groups excluding carboxylic acids is 4. The Balaban J connectivity index is 2.00. The molecule has 0 saturated heterocycles. The third-order valence-corrected chi connectivity index (χ3v) is 5.20. The fraction of sp³-hybridized carbons (Fsp3) is 0.524. The molecule has 0 aliphatic carbocycles. The summed E-state index contributed by atoms with van der Waals surface area (Å²) in [6, 6.07) is 5.09. The molecule has 1 aromatic rings. The summed E-state index contributed by atoms with van der Waals surface area (Å²) in [5.74, 6) is -1.63. The molecule has 1 heterocycles. The maximum Gasteiger partial charge on any atom is 0.269 e. The molecule has 0 radical (unpaired) electrons. The second-order valence-corrected chi connectivity index (χ2v) is 7.48. The number of rotatable bonds is 9. The quantitative estimate of drug-likeness (QED) is 0.244. The van der Waals surface area contributed by atoms with Gasteiger partial charge in [0.1, 0.15) is 0 Å². The number of unbranched alkanes of at least 4 members (excludes halogenated alkanes) is 2. The van der Waals surface area contributed by atoms with Gasteiger partial charge in [-0.15, -0.1) is 0 Å². The maximum atomic E-state index is 12.5. The van der Waals surface area contributed by atoms with Gasteiger partial charge in [0.15, 0.2) is 0 Å². The average Bonchev–Trinajstić information content (AvgIpc) is 2.75. The SMILES string of the molecule is CCCCCC(CN(O)C=O)C(=O)NNC(=O)c1ccc2c(c1)CCCN2C(C)=O. The average molecular weight is 418 g/mol. The number of benzene rings is 1. The van der Waals surface area contributed by atoms with E-state index >= 15 is 0 Å². The molecule has 0 fully saturated rings. The number of nitrogens with zero attached hydrogens (tertiary/aromatic N) is 2. The summed E-state index contributed by atoms with van der Waals surface area (Å²) in [7, 11) is 0. The predicted molar refractivity (Wildman–Crippen MR) is 111 cm³/mol. The van der Waals surface area contributed by atoms with Crippen molar-refractivity contribution in [3.8, 4) is 0 Å². The minimum Gasteiger partial charge on any atom is -0.312 e. The molecule has 1 aliphatic rings. The smallest absolute Gasteiger partial charge is 0.269 e. The van der Waals surface area contributed by atoms with Gasteiger partial charge in [-0.3, -0.25) is 35.2 Å². The van der Waals surface area contributed by atoms with Crippen molar-refractivity contribution < 1.29 is 24.4 Å². The number of hydrogen-bond acceptors (Lipinski definition) is 5. The van der Waals surface area contributed by atoms with Gasteiger partial charge in [-0.05, 0) is 43.0 Å². The topological polar surface area (TPSA) is 119 Å². The summed E-state index contributed by atoms with van der Waals surface area (Å²) in [5, 5.41) is 9.86. The van der Waals surface area contributed by atoms with Gasteiger partial charge in [0, 0.05) is 24.7 Å². The molecule has 164 valence electrons. The van der Waals surface area contributed by atoms with Crippen molar-refractivity contribution in [2.24, 2.45) is 5.92 Å². The highest BCUT2D eigenvalue weighted by molar-refractivity contribution is 5.98. The van der Waals surface area contributed by atoms with Crippen LogP contribution in [-0.2, 0) is 20.8 Å². The molecule has 1 atom stereocenters. The molecular formula is C21H30N4O5. The Morgan fingerprint density at radius 1 is 1.27 bits per heavy atom. The van der Waals surface area contributed by atoms with Crippen LogP contribution in [-0.4, -0.2) is 47.5 Å². The number of fused-ring (bicyclic) bond motifs is 1. The second kappa shape index (κ2) is 11.3. The van der Waals surface area contributed by atoms with Crippen LogP contribution in [0.5, 0.6) is 0 Å². The summed E-state index contributed by atoms with van der Waals surface area (Å²) in [6.07, 6.45) is 4.99. The van der Waals surface area contributed by atoms with Crippen LogP contribution >= 0.6 is 0 Å². The third-order valence-electron chi connectivity index (χ3n) is 5.20. The van der Waals surface area contributed by atoms with E-state index in [2.05, 4.69) is 10.9 Å². The molecule has 2 rings (SSSR count). The zero-order valence-corrected chi connectivity index (χ0v) is 17.5. The predicted octanol–water partition coefficient (Wildman–Crippen LogP) is 1.79. The number of hydrazine groups is 1. The Kier molecular flexibility index (Phi) is 8.79. The number of hydrogen-bond donors (Lipinski definition) is 3. The van der Waals surface area contributed by atoms with Crippen molar-refractivity contribution in [2.45, 2.75) is 52.4 Å². The second-order valence-electron chi connectivity index (χ2n) is 7.48. The molecule has 9 heteroatoms. The molecule has 9 nitrogen and oxygen atoms in total. The summed E-state index contributed by atoms with van der Waals surface area (Å²) in [5.41, 5.74) is 6.88. The van der Waals surface area contributed by atoms with Gasteiger partial charge in [-0.1, -0.05) is 26.2 Å². The standard InChI is InChI=1S/C21H30N4O5/c1-3-4-5-7-18(13-24(30)14-26)21(29)23-22-20(28)17-9-10-19-16(12-17)8-6-11-25(19)15(2)27/h9-10,12,14,18,30H,3-8,11,13H2,1-2H3,(H,22,28)(H,23,29). The lowest BCUT2D eigenvalue weighted by Crippen LogP contribution is -2.46. The van der Waals surface area contributed by atoms with Crippen LogP contribution in [0.3, 0.4) is 0 Å². The summed E-state index contributed by atoms with van der Waals surface area (Å²) < 4.78 is 0. The van der Waals surface area contributed by atoms with Gasteiger partial charge >= 0.3 is 0 Å². The normalized spacial score (nSPS) is 13.8. The third kappa shape index (κ3) is 6.28. The Labute approximate surface area is 176 Å². The number of carbonyl (C=O) groups is 4. The van der Waals surface area contributed by atoms with Gasteiger partial charge in [0.25, 0.3) is 5.91 Å². The van der Waals surface area contributed by atoms with Crippen LogP contribution in [0.1, 0.15) is 61.9 Å². The van der Waals surface area contributed by atoms with Crippen molar-refractivity contribution in [1.29, 1.82) is 0 Å². The van der Waals surface area contributed by atoms with Crippen LogP contribution in [0, 0.1) is 5.92 Å². The fourth-order valence-electron chi connectivity index (χ4n) is 3.57. The molecule has 0 bridgehead atoms. The zero-order chi connectivity index (χ0) is 22.1. The number of anilines is 1. The van der Waals surface area contributed by atoms with E-state index in [0.29, 0.717) is 23.6 Å². The molecule has 0 saturated carbocycles. The van der Waals surface area contributed by atoms with E-state index in [1.165, 1.54) is 6.92 Å². The first-order valence-electron chi connectivity index (χ1n) is 10.3. The van der Waals surface area contributed by atoms with E-state index in [1.807, 2.05) is 6.92 Å². The van der Waals surface area contributed by atoms with E-state index in [-0.39, 0.29) is 18.9 Å². The fourth-order valence-corrected chi connectivity index (χ4v) is 3.57.